The Bertz CT molecular complexity index is 933. The number of rotatable bonds is 7. The molecule has 0 unspecified atom stereocenters. The quantitative estimate of drug-likeness (QED) is 0.521. The summed E-state index contributed by atoms with van der Waals surface area (Å²) in [5.74, 6) is -0.430. The first-order valence-corrected chi connectivity index (χ1v) is 8.63. The van der Waals surface area contributed by atoms with E-state index >= 15 is 0 Å². The maximum atomic E-state index is 12.2. The topological polar surface area (TPSA) is 68.5 Å². The number of carbonyl (C=O) groups is 1. The van der Waals surface area contributed by atoms with Crippen LogP contribution in [0.1, 0.15) is 35.4 Å². The van der Waals surface area contributed by atoms with Gasteiger partial charge < -0.3 is 14.5 Å². The van der Waals surface area contributed by atoms with E-state index in [1.165, 1.54) is 0 Å². The summed E-state index contributed by atoms with van der Waals surface area (Å²) >= 11 is 0. The second-order valence-electron chi connectivity index (χ2n) is 6.02. The summed E-state index contributed by atoms with van der Waals surface area (Å²) in [5.41, 5.74) is 0.972. The molecule has 26 heavy (non-hydrogen) atoms. The number of carbonyl (C=O) groups excluding carboxylic acids is 1. The van der Waals surface area contributed by atoms with Crippen molar-refractivity contribution in [2.45, 2.75) is 19.4 Å². The first kappa shape index (κ1) is 17.9. The Morgan fingerprint density at radius 3 is 2.65 bits per heavy atom. The monoisotopic (exact) mass is 351 g/mol. The average molecular weight is 351 g/mol. The number of hydrogen-bond donors (Lipinski definition) is 1. The third-order valence-electron chi connectivity index (χ3n) is 4.13. The van der Waals surface area contributed by atoms with E-state index in [2.05, 4.69) is 5.32 Å². The standard InChI is InChI=1S/C21H21NO4/c1-15(16-8-3-2-4-9-16)25-13-7-12-22-20(23)18-14-17-10-5-6-11-19(17)26-21(18)24/h2-6,8-11,14-15H,7,12-13H2,1H3,(H,22,23)/t15-/m0/s1. The highest BCUT2D eigenvalue weighted by molar-refractivity contribution is 5.96. The fourth-order valence-corrected chi connectivity index (χ4v) is 2.67. The molecule has 0 spiro atoms. The first-order valence-electron chi connectivity index (χ1n) is 8.63. The fraction of sp³-hybridized carbons (Fsp3) is 0.238. The molecule has 1 N–H and O–H groups in total. The Kier molecular flexibility index (Phi) is 5.81. The van der Waals surface area contributed by atoms with Gasteiger partial charge in [-0.1, -0.05) is 48.5 Å². The van der Waals surface area contributed by atoms with Crippen molar-refractivity contribution in [3.63, 3.8) is 0 Å². The summed E-state index contributed by atoms with van der Waals surface area (Å²) in [6, 6.07) is 18.6. The SMILES string of the molecule is C[C@H](OCCCNC(=O)c1cc2ccccc2oc1=O)c1ccccc1. The molecule has 0 bridgehead atoms. The maximum absolute atomic E-state index is 12.2. The van der Waals surface area contributed by atoms with Gasteiger partial charge in [0.25, 0.3) is 5.91 Å². The number of hydrogen-bond acceptors (Lipinski definition) is 4. The number of fused-ring (bicyclic) bond motifs is 1. The van der Waals surface area contributed by atoms with Crippen molar-refractivity contribution in [2.75, 3.05) is 13.2 Å². The zero-order valence-electron chi connectivity index (χ0n) is 14.6. The molecule has 0 saturated heterocycles. The molecule has 1 amide bonds. The van der Waals surface area contributed by atoms with Crippen molar-refractivity contribution in [2.24, 2.45) is 0 Å². The van der Waals surface area contributed by atoms with Crippen LogP contribution in [0.2, 0.25) is 0 Å². The first-order chi connectivity index (χ1) is 12.6. The van der Waals surface area contributed by atoms with E-state index in [4.69, 9.17) is 9.15 Å². The van der Waals surface area contributed by atoms with Crippen LogP contribution in [0.25, 0.3) is 11.0 Å². The van der Waals surface area contributed by atoms with Crippen molar-refractivity contribution in [3.8, 4) is 0 Å². The molecule has 0 aliphatic heterocycles. The Morgan fingerprint density at radius 2 is 1.85 bits per heavy atom. The highest BCUT2D eigenvalue weighted by Gasteiger charge is 2.13. The highest BCUT2D eigenvalue weighted by Crippen LogP contribution is 2.16. The normalized spacial score (nSPS) is 12.0. The predicted octanol–water partition coefficient (Wildman–Crippen LogP) is 3.69. The van der Waals surface area contributed by atoms with Crippen molar-refractivity contribution in [3.05, 3.63) is 82.2 Å². The lowest BCUT2D eigenvalue weighted by Gasteiger charge is -2.13. The number of nitrogens with one attached hydrogen (secondary N) is 1. The molecule has 1 atom stereocenters. The predicted molar refractivity (Wildman–Crippen MR) is 100 cm³/mol. The largest absolute Gasteiger partial charge is 0.422 e. The Hall–Kier alpha value is -2.92. The van der Waals surface area contributed by atoms with Gasteiger partial charge in [0.15, 0.2) is 0 Å². The molecule has 0 fully saturated rings. The van der Waals surface area contributed by atoms with E-state index in [9.17, 15) is 9.59 Å². The van der Waals surface area contributed by atoms with Gasteiger partial charge >= 0.3 is 5.63 Å². The minimum absolute atomic E-state index is 0.000524. The third-order valence-corrected chi connectivity index (χ3v) is 4.13. The van der Waals surface area contributed by atoms with Gasteiger partial charge in [-0.15, -0.1) is 0 Å². The van der Waals surface area contributed by atoms with Crippen LogP contribution in [0.15, 0.2) is 69.9 Å². The summed E-state index contributed by atoms with van der Waals surface area (Å²) in [7, 11) is 0. The maximum Gasteiger partial charge on any atom is 0.349 e. The van der Waals surface area contributed by atoms with Crippen LogP contribution in [-0.2, 0) is 4.74 Å². The van der Waals surface area contributed by atoms with Gasteiger partial charge in [-0.2, -0.15) is 0 Å². The molecule has 5 nitrogen and oxygen atoms in total. The van der Waals surface area contributed by atoms with Gasteiger partial charge in [0, 0.05) is 18.5 Å². The molecule has 5 heteroatoms. The Balaban J connectivity index is 1.49. The van der Waals surface area contributed by atoms with E-state index < -0.39 is 11.5 Å². The number of ether oxygens (including phenoxy) is 1. The highest BCUT2D eigenvalue weighted by atomic mass is 16.5. The molecule has 3 aromatic rings. The molecule has 0 saturated carbocycles. The summed E-state index contributed by atoms with van der Waals surface area (Å²) in [6.45, 7) is 2.93. The molecule has 134 valence electrons. The molecule has 0 radical (unpaired) electrons. The summed E-state index contributed by atoms with van der Waals surface area (Å²) in [5, 5.41) is 3.46. The van der Waals surface area contributed by atoms with Crippen LogP contribution in [0.3, 0.4) is 0 Å². The van der Waals surface area contributed by atoms with Crippen molar-refractivity contribution < 1.29 is 13.9 Å². The smallest absolute Gasteiger partial charge is 0.349 e. The summed E-state index contributed by atoms with van der Waals surface area (Å²) < 4.78 is 10.9. The van der Waals surface area contributed by atoms with Crippen LogP contribution in [0, 0.1) is 0 Å². The van der Waals surface area contributed by atoms with Crippen molar-refractivity contribution in [1.29, 1.82) is 0 Å². The lowest BCUT2D eigenvalue weighted by molar-refractivity contribution is 0.0634. The molecule has 1 aromatic heterocycles. The third kappa shape index (κ3) is 4.37. The minimum Gasteiger partial charge on any atom is -0.422 e. The molecule has 1 heterocycles. The molecular formula is C21H21NO4. The van der Waals surface area contributed by atoms with Crippen molar-refractivity contribution in [1.82, 2.24) is 5.32 Å². The van der Waals surface area contributed by atoms with E-state index in [0.29, 0.717) is 25.2 Å². The zero-order valence-corrected chi connectivity index (χ0v) is 14.6. The van der Waals surface area contributed by atoms with Gasteiger partial charge in [-0.05, 0) is 31.0 Å². The molecule has 3 rings (SSSR count). The van der Waals surface area contributed by atoms with E-state index in [1.54, 1.807) is 24.3 Å². The van der Waals surface area contributed by atoms with Gasteiger partial charge in [-0.3, -0.25) is 4.79 Å². The lowest BCUT2D eigenvalue weighted by Crippen LogP contribution is -2.29. The average Bonchev–Trinajstić information content (AvgIpc) is 2.67. The van der Waals surface area contributed by atoms with Gasteiger partial charge in [0.2, 0.25) is 0 Å². The lowest BCUT2D eigenvalue weighted by atomic mass is 10.1. The number of amides is 1. The Labute approximate surface area is 151 Å². The van der Waals surface area contributed by atoms with Crippen LogP contribution < -0.4 is 10.9 Å². The van der Waals surface area contributed by atoms with Gasteiger partial charge in [0.05, 0.1) is 6.10 Å². The molecule has 0 aliphatic rings. The van der Waals surface area contributed by atoms with Gasteiger partial charge in [0.1, 0.15) is 11.1 Å². The second-order valence-corrected chi connectivity index (χ2v) is 6.02. The van der Waals surface area contributed by atoms with Crippen LogP contribution in [-0.4, -0.2) is 19.1 Å². The van der Waals surface area contributed by atoms with Crippen LogP contribution in [0.4, 0.5) is 0 Å². The zero-order chi connectivity index (χ0) is 18.4. The van der Waals surface area contributed by atoms with Gasteiger partial charge in [-0.25, -0.2) is 4.79 Å². The van der Waals surface area contributed by atoms with E-state index in [1.807, 2.05) is 43.3 Å². The molecule has 0 aliphatic carbocycles. The number of benzene rings is 2. The summed E-state index contributed by atoms with van der Waals surface area (Å²) in [4.78, 5) is 24.2. The minimum atomic E-state index is -0.629. The summed E-state index contributed by atoms with van der Waals surface area (Å²) in [6.07, 6.45) is 0.654. The van der Waals surface area contributed by atoms with Crippen molar-refractivity contribution >= 4 is 16.9 Å². The van der Waals surface area contributed by atoms with Crippen LogP contribution >= 0.6 is 0 Å². The Morgan fingerprint density at radius 1 is 1.12 bits per heavy atom. The van der Waals surface area contributed by atoms with E-state index in [0.717, 1.165) is 10.9 Å². The molecular weight excluding hydrogens is 330 g/mol. The van der Waals surface area contributed by atoms with E-state index in [-0.39, 0.29) is 11.7 Å². The number of para-hydroxylation sites is 1. The molecule has 2 aromatic carbocycles. The fourth-order valence-electron chi connectivity index (χ4n) is 2.67. The van der Waals surface area contributed by atoms with Crippen LogP contribution in [0.5, 0.6) is 0 Å². The second kappa shape index (κ2) is 8.45.